The Labute approximate surface area is 187 Å². The number of hydrogen-bond acceptors (Lipinski definition) is 4. The summed E-state index contributed by atoms with van der Waals surface area (Å²) in [7, 11) is 0. The molecule has 0 aliphatic heterocycles. The van der Waals surface area contributed by atoms with Crippen LogP contribution >= 0.6 is 0 Å². The van der Waals surface area contributed by atoms with Crippen LogP contribution in [0, 0.1) is 13.8 Å². The minimum atomic E-state index is -0.854. The van der Waals surface area contributed by atoms with Gasteiger partial charge in [0, 0.05) is 28.2 Å². The molecule has 0 saturated carbocycles. The number of hydrogen-bond donors (Lipinski definition) is 2. The molecule has 1 aromatic heterocycles. The number of amides is 1. The molecular weight excluding hydrogens is 406 g/mol. The number of rotatable bonds is 9. The number of carbonyl (C=O) groups is 2. The second-order valence-corrected chi connectivity index (χ2v) is 7.47. The van der Waals surface area contributed by atoms with Crippen molar-refractivity contribution in [2.45, 2.75) is 33.6 Å². The average Bonchev–Trinajstić information content (AvgIpc) is 3.06. The summed E-state index contributed by atoms with van der Waals surface area (Å²) < 4.78 is 7.58. The third-order valence-corrected chi connectivity index (χ3v) is 4.98. The first-order chi connectivity index (χ1) is 15.4. The zero-order chi connectivity index (χ0) is 23.1. The number of carbonyl (C=O) groups excluding carboxylic acids is 1. The van der Waals surface area contributed by atoms with Gasteiger partial charge in [-0.1, -0.05) is 19.1 Å². The molecule has 0 unspecified atom stereocenters. The van der Waals surface area contributed by atoms with Crippen LogP contribution in [0.1, 0.15) is 46.2 Å². The van der Waals surface area contributed by atoms with Crippen LogP contribution in [-0.2, 0) is 11.2 Å². The lowest BCUT2D eigenvalue weighted by Crippen LogP contribution is -2.17. The molecule has 0 saturated heterocycles. The average molecular weight is 434 g/mol. The fourth-order valence-electron chi connectivity index (χ4n) is 3.40. The standard InChI is InChI=1S/C25H27N3O4/c1-4-13-32-23-11-7-20(8-12-23)25(31)27-26-16-21-14-17(2)28(18(21)3)22-9-5-19(6-10-22)15-24(29)30/h5-12,14,16H,4,13,15H2,1-3H3,(H,27,31)(H,29,30)/b26-16+. The minimum Gasteiger partial charge on any atom is -0.494 e. The summed E-state index contributed by atoms with van der Waals surface area (Å²) in [5, 5.41) is 13.0. The van der Waals surface area contributed by atoms with Gasteiger partial charge >= 0.3 is 5.97 Å². The third kappa shape index (κ3) is 5.63. The molecule has 0 radical (unpaired) electrons. The van der Waals surface area contributed by atoms with Crippen molar-refractivity contribution >= 4 is 18.1 Å². The van der Waals surface area contributed by atoms with Crippen LogP contribution in [0.25, 0.3) is 5.69 Å². The normalized spacial score (nSPS) is 11.0. The number of hydrazone groups is 1. The highest BCUT2D eigenvalue weighted by Crippen LogP contribution is 2.20. The Bertz CT molecular complexity index is 1110. The molecule has 0 atom stereocenters. The first-order valence-electron chi connectivity index (χ1n) is 10.5. The highest BCUT2D eigenvalue weighted by atomic mass is 16.5. The Balaban J connectivity index is 1.68. The topological polar surface area (TPSA) is 92.9 Å². The van der Waals surface area contributed by atoms with Gasteiger partial charge in [-0.2, -0.15) is 5.10 Å². The van der Waals surface area contributed by atoms with E-state index in [1.54, 1.807) is 30.5 Å². The highest BCUT2D eigenvalue weighted by Gasteiger charge is 2.10. The lowest BCUT2D eigenvalue weighted by Gasteiger charge is -2.10. The van der Waals surface area contributed by atoms with Crippen LogP contribution in [0.4, 0.5) is 0 Å². The summed E-state index contributed by atoms with van der Waals surface area (Å²) in [5.74, 6) is -0.422. The van der Waals surface area contributed by atoms with Gasteiger partial charge in [0.1, 0.15) is 5.75 Å². The number of ether oxygens (including phenoxy) is 1. The van der Waals surface area contributed by atoms with Crippen molar-refractivity contribution in [2.24, 2.45) is 5.10 Å². The monoisotopic (exact) mass is 433 g/mol. The van der Waals surface area contributed by atoms with Crippen molar-refractivity contribution in [1.29, 1.82) is 0 Å². The van der Waals surface area contributed by atoms with Gasteiger partial charge in [0.15, 0.2) is 0 Å². The van der Waals surface area contributed by atoms with Gasteiger partial charge in [0.2, 0.25) is 0 Å². The van der Waals surface area contributed by atoms with Crippen LogP contribution < -0.4 is 10.2 Å². The number of carboxylic acids is 1. The van der Waals surface area contributed by atoms with Crippen molar-refractivity contribution in [1.82, 2.24) is 9.99 Å². The number of aromatic nitrogens is 1. The number of carboxylic acid groups (broad SMARTS) is 1. The highest BCUT2D eigenvalue weighted by molar-refractivity contribution is 5.95. The molecule has 3 rings (SSSR count). The third-order valence-electron chi connectivity index (χ3n) is 4.98. The van der Waals surface area contributed by atoms with Gasteiger partial charge in [0.25, 0.3) is 5.91 Å². The largest absolute Gasteiger partial charge is 0.494 e. The fraction of sp³-hybridized carbons (Fsp3) is 0.240. The molecular formula is C25H27N3O4. The molecule has 7 heteroatoms. The van der Waals surface area contributed by atoms with Crippen LogP contribution in [0.5, 0.6) is 5.75 Å². The molecule has 0 spiro atoms. The van der Waals surface area contributed by atoms with E-state index in [2.05, 4.69) is 15.1 Å². The summed E-state index contributed by atoms with van der Waals surface area (Å²) in [4.78, 5) is 23.2. The second-order valence-electron chi connectivity index (χ2n) is 7.47. The smallest absolute Gasteiger partial charge is 0.307 e. The molecule has 166 valence electrons. The van der Waals surface area contributed by atoms with Crippen LogP contribution in [-0.4, -0.2) is 34.4 Å². The number of nitrogens with zero attached hydrogens (tertiary/aromatic N) is 2. The first-order valence-corrected chi connectivity index (χ1v) is 10.5. The van der Waals surface area contributed by atoms with Crippen LogP contribution in [0.2, 0.25) is 0 Å². The van der Waals surface area contributed by atoms with E-state index < -0.39 is 5.97 Å². The van der Waals surface area contributed by atoms with Gasteiger partial charge in [-0.25, -0.2) is 5.43 Å². The Kier molecular flexibility index (Phi) is 7.44. The lowest BCUT2D eigenvalue weighted by atomic mass is 10.1. The molecule has 0 bridgehead atoms. The summed E-state index contributed by atoms with van der Waals surface area (Å²) in [6.07, 6.45) is 2.54. The second kappa shape index (κ2) is 10.4. The van der Waals surface area contributed by atoms with Gasteiger partial charge in [-0.05, 0) is 68.3 Å². The maximum atomic E-state index is 12.3. The van der Waals surface area contributed by atoms with Crippen molar-refractivity contribution in [3.63, 3.8) is 0 Å². The summed E-state index contributed by atoms with van der Waals surface area (Å²) in [6, 6.07) is 16.3. The molecule has 0 fully saturated rings. The van der Waals surface area contributed by atoms with Crippen LogP contribution in [0.3, 0.4) is 0 Å². The minimum absolute atomic E-state index is 0.00395. The predicted octanol–water partition coefficient (Wildman–Crippen LogP) is 4.27. The number of benzene rings is 2. The van der Waals surface area contributed by atoms with E-state index in [1.165, 1.54) is 0 Å². The van der Waals surface area contributed by atoms with Gasteiger partial charge in [0.05, 0.1) is 19.2 Å². The number of nitrogens with one attached hydrogen (secondary N) is 1. The van der Waals surface area contributed by atoms with Crippen molar-refractivity contribution in [3.8, 4) is 11.4 Å². The lowest BCUT2D eigenvalue weighted by molar-refractivity contribution is -0.136. The van der Waals surface area contributed by atoms with E-state index in [0.717, 1.165) is 40.4 Å². The SMILES string of the molecule is CCCOc1ccc(C(=O)N/N=C/c2cc(C)n(-c3ccc(CC(=O)O)cc3)c2C)cc1. The molecule has 7 nitrogen and oxygen atoms in total. The summed E-state index contributed by atoms with van der Waals surface area (Å²) in [6.45, 7) is 6.63. The van der Waals surface area contributed by atoms with Crippen molar-refractivity contribution in [2.75, 3.05) is 6.61 Å². The van der Waals surface area contributed by atoms with E-state index in [0.29, 0.717) is 12.2 Å². The molecule has 0 aliphatic rings. The molecule has 3 aromatic rings. The zero-order valence-corrected chi connectivity index (χ0v) is 18.5. The first kappa shape index (κ1) is 22.8. The Hall–Kier alpha value is -3.87. The van der Waals surface area contributed by atoms with E-state index in [-0.39, 0.29) is 12.3 Å². The molecule has 0 aliphatic carbocycles. The molecule has 2 N–H and O–H groups in total. The summed E-state index contributed by atoms with van der Waals surface area (Å²) >= 11 is 0. The molecule has 1 amide bonds. The Morgan fingerprint density at radius 3 is 2.41 bits per heavy atom. The maximum absolute atomic E-state index is 12.3. The quantitative estimate of drug-likeness (QED) is 0.389. The summed E-state index contributed by atoms with van der Waals surface area (Å²) in [5.41, 5.74) is 7.58. The maximum Gasteiger partial charge on any atom is 0.307 e. The van der Waals surface area contributed by atoms with Crippen molar-refractivity contribution < 1.29 is 19.4 Å². The van der Waals surface area contributed by atoms with Gasteiger partial charge in [-0.3, -0.25) is 9.59 Å². The predicted molar refractivity (Wildman–Crippen MR) is 124 cm³/mol. The van der Waals surface area contributed by atoms with E-state index >= 15 is 0 Å². The van der Waals surface area contributed by atoms with Crippen LogP contribution in [0.15, 0.2) is 59.7 Å². The number of aryl methyl sites for hydroxylation is 1. The Morgan fingerprint density at radius 2 is 1.78 bits per heavy atom. The zero-order valence-electron chi connectivity index (χ0n) is 18.5. The van der Waals surface area contributed by atoms with Gasteiger partial charge in [-0.15, -0.1) is 0 Å². The molecule has 32 heavy (non-hydrogen) atoms. The van der Waals surface area contributed by atoms with Gasteiger partial charge < -0.3 is 14.4 Å². The van der Waals surface area contributed by atoms with E-state index in [9.17, 15) is 9.59 Å². The fourth-order valence-corrected chi connectivity index (χ4v) is 3.40. The van der Waals surface area contributed by atoms with Crippen molar-refractivity contribution in [3.05, 3.63) is 82.7 Å². The van der Waals surface area contributed by atoms with E-state index in [1.807, 2.05) is 51.1 Å². The number of aliphatic carboxylic acids is 1. The molecule has 1 heterocycles. The van der Waals surface area contributed by atoms with E-state index in [4.69, 9.17) is 9.84 Å². The molecule has 2 aromatic carbocycles. The Morgan fingerprint density at radius 1 is 1.09 bits per heavy atom.